The molecule has 0 bridgehead atoms. The van der Waals surface area contributed by atoms with Crippen LogP contribution >= 0.6 is 0 Å². The minimum atomic E-state index is 0.0686. The zero-order valence-electron chi connectivity index (χ0n) is 28.0. The van der Waals surface area contributed by atoms with Gasteiger partial charge < -0.3 is 4.90 Å². The second-order valence-corrected chi connectivity index (χ2v) is 15.8. The molecule has 0 aromatic heterocycles. The number of rotatable bonds is 3. The van der Waals surface area contributed by atoms with E-state index >= 15 is 0 Å². The second-order valence-electron chi connectivity index (χ2n) is 15.8. The molecule has 6 rings (SSSR count). The lowest BCUT2D eigenvalue weighted by atomic mass is 9.34. The summed E-state index contributed by atoms with van der Waals surface area (Å²) >= 11 is 0. The highest BCUT2D eigenvalue weighted by molar-refractivity contribution is 6.98. The number of benzene rings is 4. The minimum absolute atomic E-state index is 0.0686. The average Bonchev–Trinajstić information content (AvgIpc) is 2.96. The number of hydrogen-bond donors (Lipinski definition) is 0. The van der Waals surface area contributed by atoms with Gasteiger partial charge in [0.2, 0.25) is 6.71 Å². The first-order valence-electron chi connectivity index (χ1n) is 16.5. The highest BCUT2D eigenvalue weighted by atomic mass is 15.1. The Morgan fingerprint density at radius 1 is 0.721 bits per heavy atom. The smallest absolute Gasteiger partial charge is 0.246 e. The summed E-state index contributed by atoms with van der Waals surface area (Å²) in [7, 11) is 0. The van der Waals surface area contributed by atoms with E-state index in [2.05, 4.69) is 152 Å². The molecule has 2 heteroatoms. The van der Waals surface area contributed by atoms with Gasteiger partial charge in [-0.05, 0) is 99.4 Å². The van der Waals surface area contributed by atoms with Gasteiger partial charge in [0, 0.05) is 17.1 Å². The van der Waals surface area contributed by atoms with Crippen molar-refractivity contribution in [3.05, 3.63) is 107 Å². The fourth-order valence-corrected chi connectivity index (χ4v) is 7.60. The number of nitrogens with zero attached hydrogens (tertiary/aromatic N) is 1. The SMILES string of the molecule is Cc1ccc2c(c1)N(c1ccc(C(C)(C)C)cc1)c1ccc(C(C)(C)C)cc1B2c1cccc(C2(C)CCCCC2C)c1. The normalized spacial score (nSPS) is 20.5. The summed E-state index contributed by atoms with van der Waals surface area (Å²) in [6.07, 6.45) is 5.30. The summed E-state index contributed by atoms with van der Waals surface area (Å²) in [4.78, 5) is 2.52. The maximum atomic E-state index is 2.57. The Bertz CT molecular complexity index is 1630. The Morgan fingerprint density at radius 3 is 2.09 bits per heavy atom. The summed E-state index contributed by atoms with van der Waals surface area (Å²) in [5, 5.41) is 0. The van der Waals surface area contributed by atoms with E-state index in [4.69, 9.17) is 0 Å². The number of hydrogen-bond acceptors (Lipinski definition) is 1. The van der Waals surface area contributed by atoms with Gasteiger partial charge in [0.05, 0.1) is 0 Å². The van der Waals surface area contributed by atoms with Gasteiger partial charge in [0.1, 0.15) is 0 Å². The van der Waals surface area contributed by atoms with E-state index in [-0.39, 0.29) is 23.0 Å². The van der Waals surface area contributed by atoms with Crippen molar-refractivity contribution < 1.29 is 0 Å². The largest absolute Gasteiger partial charge is 0.312 e. The zero-order chi connectivity index (χ0) is 30.7. The van der Waals surface area contributed by atoms with Crippen molar-refractivity contribution in [2.24, 2.45) is 5.92 Å². The third kappa shape index (κ3) is 5.37. The van der Waals surface area contributed by atoms with Crippen molar-refractivity contribution in [3.8, 4) is 0 Å². The van der Waals surface area contributed by atoms with E-state index in [1.165, 1.54) is 81.4 Å². The fraction of sp³-hybridized carbons (Fsp3) is 0.415. The molecule has 2 aliphatic rings. The quantitative estimate of drug-likeness (QED) is 0.196. The summed E-state index contributed by atoms with van der Waals surface area (Å²) < 4.78 is 0. The summed E-state index contributed by atoms with van der Waals surface area (Å²) in [5.74, 6) is 0.698. The van der Waals surface area contributed by atoms with Crippen LogP contribution in [0.1, 0.15) is 103 Å². The van der Waals surface area contributed by atoms with E-state index in [1.54, 1.807) is 0 Å². The molecule has 1 aliphatic carbocycles. The first kappa shape index (κ1) is 29.8. The van der Waals surface area contributed by atoms with Crippen LogP contribution in [-0.2, 0) is 16.2 Å². The molecule has 4 aromatic carbocycles. The van der Waals surface area contributed by atoms with Crippen LogP contribution in [0.25, 0.3) is 0 Å². The monoisotopic (exact) mass is 567 g/mol. The van der Waals surface area contributed by atoms with Gasteiger partial charge in [0.15, 0.2) is 0 Å². The van der Waals surface area contributed by atoms with E-state index in [9.17, 15) is 0 Å². The highest BCUT2D eigenvalue weighted by Gasteiger charge is 2.39. The third-order valence-electron chi connectivity index (χ3n) is 10.7. The lowest BCUT2D eigenvalue weighted by molar-refractivity contribution is 0.221. The first-order valence-corrected chi connectivity index (χ1v) is 16.5. The molecule has 0 saturated heterocycles. The van der Waals surface area contributed by atoms with Gasteiger partial charge in [-0.2, -0.15) is 0 Å². The first-order chi connectivity index (χ1) is 20.3. The molecule has 1 saturated carbocycles. The van der Waals surface area contributed by atoms with E-state index < -0.39 is 0 Å². The zero-order valence-corrected chi connectivity index (χ0v) is 28.0. The predicted octanol–water partition coefficient (Wildman–Crippen LogP) is 9.36. The van der Waals surface area contributed by atoms with Crippen LogP contribution in [0.2, 0.25) is 0 Å². The lowest BCUT2D eigenvalue weighted by Gasteiger charge is -2.41. The van der Waals surface area contributed by atoms with Crippen LogP contribution in [0.5, 0.6) is 0 Å². The van der Waals surface area contributed by atoms with Gasteiger partial charge >= 0.3 is 0 Å². The Balaban J connectivity index is 1.57. The molecule has 1 aliphatic heterocycles. The van der Waals surface area contributed by atoms with Crippen LogP contribution < -0.4 is 21.3 Å². The highest BCUT2D eigenvalue weighted by Crippen LogP contribution is 2.43. The molecule has 43 heavy (non-hydrogen) atoms. The van der Waals surface area contributed by atoms with Crippen LogP contribution in [0.3, 0.4) is 0 Å². The van der Waals surface area contributed by atoms with Crippen molar-refractivity contribution in [3.63, 3.8) is 0 Å². The summed E-state index contributed by atoms with van der Waals surface area (Å²) in [5.41, 5.74) is 14.0. The molecule has 222 valence electrons. The average molecular weight is 568 g/mol. The maximum absolute atomic E-state index is 2.57. The lowest BCUT2D eigenvalue weighted by Crippen LogP contribution is -2.57. The third-order valence-corrected chi connectivity index (χ3v) is 10.7. The molecular weight excluding hydrogens is 517 g/mol. The molecule has 1 heterocycles. The topological polar surface area (TPSA) is 3.24 Å². The number of anilines is 3. The molecule has 0 amide bonds. The predicted molar refractivity (Wildman–Crippen MR) is 189 cm³/mol. The number of aryl methyl sites for hydroxylation is 1. The Kier molecular flexibility index (Phi) is 7.43. The van der Waals surface area contributed by atoms with Gasteiger partial charge in [-0.25, -0.2) is 0 Å². The second kappa shape index (κ2) is 10.7. The fourth-order valence-electron chi connectivity index (χ4n) is 7.60. The molecule has 2 unspecified atom stereocenters. The molecule has 0 N–H and O–H groups in total. The van der Waals surface area contributed by atoms with Crippen LogP contribution in [-0.4, -0.2) is 6.71 Å². The Hall–Kier alpha value is -3.26. The van der Waals surface area contributed by atoms with Crippen LogP contribution in [0.4, 0.5) is 17.1 Å². The van der Waals surface area contributed by atoms with Gasteiger partial charge in [0.25, 0.3) is 0 Å². The van der Waals surface area contributed by atoms with Gasteiger partial charge in [-0.1, -0.05) is 134 Å². The molecule has 4 aromatic rings. The van der Waals surface area contributed by atoms with E-state index in [0.29, 0.717) is 5.92 Å². The molecule has 1 fully saturated rings. The molecule has 1 nitrogen and oxygen atoms in total. The Morgan fingerprint density at radius 2 is 1.42 bits per heavy atom. The van der Waals surface area contributed by atoms with Crippen molar-refractivity contribution in [1.82, 2.24) is 0 Å². The maximum Gasteiger partial charge on any atom is 0.246 e. The van der Waals surface area contributed by atoms with Gasteiger partial charge in [-0.3, -0.25) is 0 Å². The summed E-state index contributed by atoms with van der Waals surface area (Å²) in [6.45, 7) is 21.3. The molecule has 2 atom stereocenters. The van der Waals surface area contributed by atoms with Crippen molar-refractivity contribution >= 4 is 40.2 Å². The molecule has 0 spiro atoms. The van der Waals surface area contributed by atoms with Crippen molar-refractivity contribution in [2.75, 3.05) is 4.90 Å². The number of fused-ring (bicyclic) bond motifs is 2. The standard InChI is InChI=1S/C41H50BN/c1-28-16-22-35-38(25-28)43(34-20-17-30(18-21-34)39(3,4)5)37-23-19-31(40(6,7)8)27-36(37)42(35)33-15-12-14-32(26-33)41(9)24-11-10-13-29(41)2/h12,14-23,25-27,29H,10-11,13,24H2,1-9H3. The van der Waals surface area contributed by atoms with Crippen molar-refractivity contribution in [2.45, 2.75) is 104 Å². The van der Waals surface area contributed by atoms with Crippen LogP contribution in [0, 0.1) is 12.8 Å². The Labute approximate surface area is 261 Å². The minimum Gasteiger partial charge on any atom is -0.312 e. The van der Waals surface area contributed by atoms with E-state index in [0.717, 1.165) is 0 Å². The van der Waals surface area contributed by atoms with Crippen LogP contribution in [0.15, 0.2) is 84.9 Å². The van der Waals surface area contributed by atoms with Crippen molar-refractivity contribution in [1.29, 1.82) is 0 Å². The molecular formula is C41H50BN. The van der Waals surface area contributed by atoms with Gasteiger partial charge in [-0.15, -0.1) is 0 Å². The van der Waals surface area contributed by atoms with E-state index in [1.807, 2.05) is 0 Å². The summed E-state index contributed by atoms with van der Waals surface area (Å²) in [6, 6.07) is 33.3. The molecule has 0 radical (unpaired) electrons.